The van der Waals surface area contributed by atoms with Gasteiger partial charge in [-0.25, -0.2) is 0 Å². The van der Waals surface area contributed by atoms with E-state index in [1.165, 1.54) is 0 Å². The molecule has 1 rings (SSSR count). The van der Waals surface area contributed by atoms with Crippen molar-refractivity contribution in [2.75, 3.05) is 5.73 Å². The Labute approximate surface area is 89.2 Å². The molecule has 0 aliphatic carbocycles. The highest BCUT2D eigenvalue weighted by Crippen LogP contribution is 2.14. The molecule has 3 N–H and O–H groups in total. The zero-order valence-corrected chi connectivity index (χ0v) is 8.73. The van der Waals surface area contributed by atoms with Crippen LogP contribution in [0.3, 0.4) is 0 Å². The van der Waals surface area contributed by atoms with E-state index in [4.69, 9.17) is 10.8 Å². The summed E-state index contributed by atoms with van der Waals surface area (Å²) in [7, 11) is 0. The van der Waals surface area contributed by atoms with Crippen molar-refractivity contribution in [1.82, 2.24) is 0 Å². The summed E-state index contributed by atoms with van der Waals surface area (Å²) in [5, 5.41) is 8.43. The topological polar surface area (TPSA) is 63.3 Å². The SMILES string of the molecule is Cc1ccc(CC=CCC(=O)O)c(N)c1. The highest BCUT2D eigenvalue weighted by Gasteiger charge is 1.96. The second-order valence-corrected chi connectivity index (χ2v) is 3.48. The molecule has 0 aliphatic rings. The average Bonchev–Trinajstić information content (AvgIpc) is 2.14. The van der Waals surface area contributed by atoms with Crippen LogP contribution in [-0.2, 0) is 11.2 Å². The molecule has 3 nitrogen and oxygen atoms in total. The van der Waals surface area contributed by atoms with Crippen LogP contribution in [0.1, 0.15) is 17.5 Å². The molecular formula is C12H15NO2. The van der Waals surface area contributed by atoms with E-state index in [9.17, 15) is 4.79 Å². The first-order chi connectivity index (χ1) is 7.09. The number of aliphatic carboxylic acids is 1. The van der Waals surface area contributed by atoms with E-state index in [0.717, 1.165) is 16.8 Å². The molecule has 0 aromatic heterocycles. The quantitative estimate of drug-likeness (QED) is 0.584. The molecule has 0 unspecified atom stereocenters. The summed E-state index contributed by atoms with van der Waals surface area (Å²) in [5.41, 5.74) is 8.73. The number of benzene rings is 1. The summed E-state index contributed by atoms with van der Waals surface area (Å²) in [5.74, 6) is -0.817. The number of aryl methyl sites for hydroxylation is 1. The van der Waals surface area contributed by atoms with Crippen LogP contribution in [0.4, 0.5) is 5.69 Å². The van der Waals surface area contributed by atoms with Gasteiger partial charge in [0.1, 0.15) is 0 Å². The zero-order chi connectivity index (χ0) is 11.3. The van der Waals surface area contributed by atoms with Crippen molar-refractivity contribution in [2.24, 2.45) is 0 Å². The first-order valence-corrected chi connectivity index (χ1v) is 4.81. The molecule has 1 aromatic rings. The number of nitrogen functional groups attached to an aromatic ring is 1. The first kappa shape index (κ1) is 11.3. The third-order valence-corrected chi connectivity index (χ3v) is 2.10. The van der Waals surface area contributed by atoms with Crippen LogP contribution in [0.25, 0.3) is 0 Å². The lowest BCUT2D eigenvalue weighted by molar-refractivity contribution is -0.136. The molecule has 0 heterocycles. The van der Waals surface area contributed by atoms with Crippen LogP contribution < -0.4 is 5.73 Å². The van der Waals surface area contributed by atoms with E-state index >= 15 is 0 Å². The molecular weight excluding hydrogens is 190 g/mol. The number of anilines is 1. The fourth-order valence-electron chi connectivity index (χ4n) is 1.29. The van der Waals surface area contributed by atoms with E-state index < -0.39 is 5.97 Å². The van der Waals surface area contributed by atoms with Gasteiger partial charge in [-0.15, -0.1) is 0 Å². The van der Waals surface area contributed by atoms with Crippen LogP contribution in [0, 0.1) is 6.92 Å². The van der Waals surface area contributed by atoms with Crippen molar-refractivity contribution in [3.05, 3.63) is 41.5 Å². The van der Waals surface area contributed by atoms with Crippen LogP contribution in [0.5, 0.6) is 0 Å². The highest BCUT2D eigenvalue weighted by molar-refractivity contribution is 5.68. The lowest BCUT2D eigenvalue weighted by Crippen LogP contribution is -1.94. The monoisotopic (exact) mass is 205 g/mol. The minimum absolute atomic E-state index is 0.0613. The molecule has 0 amide bonds. The summed E-state index contributed by atoms with van der Waals surface area (Å²) >= 11 is 0. The maximum Gasteiger partial charge on any atom is 0.307 e. The van der Waals surface area contributed by atoms with Gasteiger partial charge in [0, 0.05) is 5.69 Å². The lowest BCUT2D eigenvalue weighted by atomic mass is 10.1. The van der Waals surface area contributed by atoms with Gasteiger partial charge in [0.25, 0.3) is 0 Å². The predicted molar refractivity (Wildman–Crippen MR) is 60.7 cm³/mol. The second kappa shape index (κ2) is 5.20. The van der Waals surface area contributed by atoms with Crippen LogP contribution >= 0.6 is 0 Å². The van der Waals surface area contributed by atoms with Crippen LogP contribution in [-0.4, -0.2) is 11.1 Å². The second-order valence-electron chi connectivity index (χ2n) is 3.48. The number of hydrogen-bond acceptors (Lipinski definition) is 2. The van der Waals surface area contributed by atoms with Crippen molar-refractivity contribution >= 4 is 11.7 Å². The Kier molecular flexibility index (Phi) is 3.92. The van der Waals surface area contributed by atoms with E-state index in [1.807, 2.05) is 31.2 Å². The fourth-order valence-corrected chi connectivity index (χ4v) is 1.29. The number of carboxylic acid groups (broad SMARTS) is 1. The molecule has 0 fully saturated rings. The summed E-state index contributed by atoms with van der Waals surface area (Å²) in [6, 6.07) is 5.88. The fraction of sp³-hybridized carbons (Fsp3) is 0.250. The number of nitrogens with two attached hydrogens (primary N) is 1. The Balaban J connectivity index is 2.58. The van der Waals surface area contributed by atoms with Gasteiger partial charge in [0.05, 0.1) is 6.42 Å². The summed E-state index contributed by atoms with van der Waals surface area (Å²) < 4.78 is 0. The minimum Gasteiger partial charge on any atom is -0.481 e. The summed E-state index contributed by atoms with van der Waals surface area (Å²) in [4.78, 5) is 10.2. The molecule has 0 saturated carbocycles. The van der Waals surface area contributed by atoms with Gasteiger partial charge in [-0.2, -0.15) is 0 Å². The maximum atomic E-state index is 10.2. The van der Waals surface area contributed by atoms with Gasteiger partial charge in [0.15, 0.2) is 0 Å². The van der Waals surface area contributed by atoms with Crippen molar-refractivity contribution in [1.29, 1.82) is 0 Å². The van der Waals surface area contributed by atoms with Crippen molar-refractivity contribution in [3.8, 4) is 0 Å². The molecule has 0 aliphatic heterocycles. The number of carbonyl (C=O) groups is 1. The van der Waals surface area contributed by atoms with Gasteiger partial charge in [0.2, 0.25) is 0 Å². The molecule has 0 atom stereocenters. The van der Waals surface area contributed by atoms with E-state index in [0.29, 0.717) is 6.42 Å². The van der Waals surface area contributed by atoms with E-state index in [1.54, 1.807) is 6.08 Å². The predicted octanol–water partition coefficient (Wildman–Crippen LogP) is 2.15. The summed E-state index contributed by atoms with van der Waals surface area (Å²) in [6.45, 7) is 1.99. The number of hydrogen-bond donors (Lipinski definition) is 2. The van der Waals surface area contributed by atoms with Gasteiger partial charge in [-0.3, -0.25) is 4.79 Å². The average molecular weight is 205 g/mol. The van der Waals surface area contributed by atoms with Gasteiger partial charge in [-0.1, -0.05) is 24.3 Å². The smallest absolute Gasteiger partial charge is 0.307 e. The van der Waals surface area contributed by atoms with Crippen molar-refractivity contribution in [2.45, 2.75) is 19.8 Å². The lowest BCUT2D eigenvalue weighted by Gasteiger charge is -2.03. The van der Waals surface area contributed by atoms with E-state index in [2.05, 4.69) is 0 Å². The van der Waals surface area contributed by atoms with Gasteiger partial charge < -0.3 is 10.8 Å². The van der Waals surface area contributed by atoms with Crippen molar-refractivity contribution < 1.29 is 9.90 Å². The molecule has 3 heteroatoms. The Morgan fingerprint density at radius 3 is 2.80 bits per heavy atom. The minimum atomic E-state index is -0.817. The molecule has 0 radical (unpaired) electrons. The molecule has 15 heavy (non-hydrogen) atoms. The normalized spacial score (nSPS) is 10.7. The zero-order valence-electron chi connectivity index (χ0n) is 8.73. The summed E-state index contributed by atoms with van der Waals surface area (Å²) in [6.07, 6.45) is 4.21. The van der Waals surface area contributed by atoms with Gasteiger partial charge in [-0.05, 0) is 30.5 Å². The third kappa shape index (κ3) is 3.85. The third-order valence-electron chi connectivity index (χ3n) is 2.10. The van der Waals surface area contributed by atoms with Gasteiger partial charge >= 0.3 is 5.97 Å². The molecule has 80 valence electrons. The largest absolute Gasteiger partial charge is 0.481 e. The number of allylic oxidation sites excluding steroid dienone is 1. The molecule has 0 bridgehead atoms. The molecule has 0 saturated heterocycles. The van der Waals surface area contributed by atoms with Crippen molar-refractivity contribution in [3.63, 3.8) is 0 Å². The van der Waals surface area contributed by atoms with E-state index in [-0.39, 0.29) is 6.42 Å². The number of rotatable bonds is 4. The molecule has 1 aromatic carbocycles. The first-order valence-electron chi connectivity index (χ1n) is 4.81. The van der Waals surface area contributed by atoms with Crippen LogP contribution in [0.15, 0.2) is 30.4 Å². The maximum absolute atomic E-state index is 10.2. The Bertz CT molecular complexity index is 383. The highest BCUT2D eigenvalue weighted by atomic mass is 16.4. The standard InChI is InChI=1S/C12H15NO2/c1-9-6-7-10(11(13)8-9)4-2-3-5-12(14)15/h2-3,6-8H,4-5,13H2,1H3,(H,14,15). The molecule has 0 spiro atoms. The Morgan fingerprint density at radius 1 is 1.47 bits per heavy atom. The van der Waals surface area contributed by atoms with Crippen LogP contribution in [0.2, 0.25) is 0 Å². The number of carboxylic acids is 1. The Morgan fingerprint density at radius 2 is 2.20 bits per heavy atom. The Hall–Kier alpha value is -1.77.